The first kappa shape index (κ1) is 23.2. The van der Waals surface area contributed by atoms with Crippen molar-refractivity contribution in [1.82, 2.24) is 15.5 Å². The third-order valence-corrected chi connectivity index (χ3v) is 5.25. The molecule has 0 fully saturated rings. The highest BCUT2D eigenvalue weighted by molar-refractivity contribution is 6.33. The summed E-state index contributed by atoms with van der Waals surface area (Å²) in [6, 6.07) is 20.8. The van der Waals surface area contributed by atoms with Gasteiger partial charge in [0, 0.05) is 11.6 Å². The second-order valence-electron chi connectivity index (χ2n) is 6.74. The Bertz CT molecular complexity index is 1120. The Morgan fingerprint density at radius 1 is 0.903 bits per heavy atom. The molecule has 0 saturated carbocycles. The lowest BCUT2D eigenvalue weighted by Gasteiger charge is -2.16. The smallest absolute Gasteiger partial charge is 0.249 e. The number of aromatic nitrogens is 2. The van der Waals surface area contributed by atoms with Crippen LogP contribution in [0.15, 0.2) is 77.2 Å². The Kier molecular flexibility index (Phi) is 8.04. The third kappa shape index (κ3) is 5.83. The van der Waals surface area contributed by atoms with Gasteiger partial charge in [-0.05, 0) is 53.9 Å². The lowest BCUT2D eigenvalue weighted by Crippen LogP contribution is -2.25. The number of rotatable bonds is 7. The van der Waals surface area contributed by atoms with E-state index in [4.69, 9.17) is 27.6 Å². The Morgan fingerprint density at radius 2 is 1.61 bits per heavy atom. The van der Waals surface area contributed by atoms with E-state index in [0.29, 0.717) is 33.9 Å². The van der Waals surface area contributed by atoms with Crippen molar-refractivity contribution >= 4 is 35.6 Å². The van der Waals surface area contributed by atoms with Crippen LogP contribution < -0.4 is 5.32 Å². The lowest BCUT2D eigenvalue weighted by atomic mass is 10.1. The molecule has 0 saturated heterocycles. The van der Waals surface area contributed by atoms with Crippen molar-refractivity contribution in [2.24, 2.45) is 0 Å². The average molecular weight is 479 g/mol. The zero-order valence-electron chi connectivity index (χ0n) is 16.3. The van der Waals surface area contributed by atoms with E-state index < -0.39 is 0 Å². The number of nitrogens with zero attached hydrogens (tertiary/aromatic N) is 2. The van der Waals surface area contributed by atoms with Gasteiger partial charge in [-0.15, -0.1) is 22.6 Å². The summed E-state index contributed by atoms with van der Waals surface area (Å²) in [5.74, 6) is 0.413. The largest absolute Gasteiger partial charge is 0.419 e. The number of halogens is 4. The molecule has 0 aliphatic rings. The van der Waals surface area contributed by atoms with Crippen LogP contribution in [0.1, 0.15) is 23.1 Å². The van der Waals surface area contributed by atoms with Crippen molar-refractivity contribution in [2.75, 3.05) is 6.54 Å². The minimum absolute atomic E-state index is 0. The molecule has 1 heterocycles. The average Bonchev–Trinajstić information content (AvgIpc) is 3.23. The molecule has 0 spiro atoms. The Balaban J connectivity index is 0.00000272. The molecule has 4 rings (SSSR count). The van der Waals surface area contributed by atoms with Gasteiger partial charge in [-0.25, -0.2) is 4.39 Å². The highest BCUT2D eigenvalue weighted by Crippen LogP contribution is 2.29. The van der Waals surface area contributed by atoms with Gasteiger partial charge in [0.25, 0.3) is 0 Å². The molecule has 0 aliphatic heterocycles. The second kappa shape index (κ2) is 10.7. The number of benzene rings is 3. The fraction of sp³-hybridized carbons (Fsp3) is 0.130. The molecule has 3 aromatic carbocycles. The van der Waals surface area contributed by atoms with Gasteiger partial charge in [-0.3, -0.25) is 0 Å². The van der Waals surface area contributed by atoms with Gasteiger partial charge in [0.05, 0.1) is 10.6 Å². The summed E-state index contributed by atoms with van der Waals surface area (Å²) in [4.78, 5) is 0. The number of hydrogen-bond acceptors (Lipinski definition) is 4. The van der Waals surface area contributed by atoms with Crippen LogP contribution in [0.2, 0.25) is 10.0 Å². The molecule has 8 heteroatoms. The zero-order chi connectivity index (χ0) is 20.9. The van der Waals surface area contributed by atoms with E-state index in [1.165, 1.54) is 12.1 Å². The highest BCUT2D eigenvalue weighted by Gasteiger charge is 2.22. The number of hydrogen-bond donors (Lipinski definition) is 1. The van der Waals surface area contributed by atoms with Crippen molar-refractivity contribution in [3.63, 3.8) is 0 Å². The van der Waals surface area contributed by atoms with Gasteiger partial charge in [0.1, 0.15) is 11.9 Å². The van der Waals surface area contributed by atoms with Crippen LogP contribution in [0.4, 0.5) is 4.39 Å². The molecule has 1 atom stereocenters. The van der Waals surface area contributed by atoms with E-state index in [9.17, 15) is 4.39 Å². The van der Waals surface area contributed by atoms with Crippen LogP contribution >= 0.6 is 35.6 Å². The van der Waals surface area contributed by atoms with Gasteiger partial charge in [0.2, 0.25) is 11.8 Å². The fourth-order valence-corrected chi connectivity index (χ4v) is 3.45. The molecule has 1 N–H and O–H groups in total. The van der Waals surface area contributed by atoms with Crippen LogP contribution in [0, 0.1) is 5.82 Å². The van der Waals surface area contributed by atoms with Crippen LogP contribution in [-0.2, 0) is 6.42 Å². The van der Waals surface area contributed by atoms with E-state index in [1.807, 2.05) is 42.5 Å². The van der Waals surface area contributed by atoms with Crippen molar-refractivity contribution < 1.29 is 8.81 Å². The van der Waals surface area contributed by atoms with Gasteiger partial charge in [0.15, 0.2) is 0 Å². The fourth-order valence-electron chi connectivity index (χ4n) is 3.11. The van der Waals surface area contributed by atoms with Gasteiger partial charge < -0.3 is 9.73 Å². The standard InChI is InChI=1S/C23H18Cl2FN3O.ClH/c24-17-9-5-15(6-10-17)13-14-27-21(16-7-11-18(26)12-8-16)23-29-28-22(30-23)19-3-1-2-4-20(19)25;/h1-12,21,27H,13-14H2;1H. The van der Waals surface area contributed by atoms with E-state index in [2.05, 4.69) is 15.5 Å². The summed E-state index contributed by atoms with van der Waals surface area (Å²) in [5, 5.41) is 13.0. The zero-order valence-corrected chi connectivity index (χ0v) is 18.6. The van der Waals surface area contributed by atoms with Crippen LogP contribution in [0.25, 0.3) is 11.5 Å². The summed E-state index contributed by atoms with van der Waals surface area (Å²) >= 11 is 12.2. The van der Waals surface area contributed by atoms with Gasteiger partial charge >= 0.3 is 0 Å². The first-order valence-corrected chi connectivity index (χ1v) is 10.2. The Hall–Kier alpha value is -2.44. The molecule has 1 aromatic heterocycles. The van der Waals surface area contributed by atoms with Gasteiger partial charge in [-0.1, -0.05) is 59.6 Å². The molecule has 160 valence electrons. The summed E-state index contributed by atoms with van der Waals surface area (Å²) < 4.78 is 19.4. The Labute approximate surface area is 195 Å². The molecule has 31 heavy (non-hydrogen) atoms. The van der Waals surface area contributed by atoms with Crippen LogP contribution in [0.3, 0.4) is 0 Å². The summed E-state index contributed by atoms with van der Waals surface area (Å²) in [6.45, 7) is 0.646. The maximum absolute atomic E-state index is 13.4. The highest BCUT2D eigenvalue weighted by atomic mass is 35.5. The van der Waals surface area contributed by atoms with Crippen molar-refractivity contribution in [1.29, 1.82) is 0 Å². The molecule has 0 amide bonds. The lowest BCUT2D eigenvalue weighted by molar-refractivity contribution is 0.440. The second-order valence-corrected chi connectivity index (χ2v) is 7.58. The molecular weight excluding hydrogens is 460 g/mol. The number of nitrogens with one attached hydrogen (secondary N) is 1. The van der Waals surface area contributed by atoms with Crippen molar-refractivity contribution in [2.45, 2.75) is 12.5 Å². The topological polar surface area (TPSA) is 51.0 Å². The van der Waals surface area contributed by atoms with E-state index in [0.717, 1.165) is 17.5 Å². The third-order valence-electron chi connectivity index (χ3n) is 4.67. The quantitative estimate of drug-likeness (QED) is 0.328. The first-order valence-electron chi connectivity index (χ1n) is 9.42. The van der Waals surface area contributed by atoms with Crippen molar-refractivity contribution in [3.8, 4) is 11.5 Å². The van der Waals surface area contributed by atoms with E-state index in [1.54, 1.807) is 18.2 Å². The molecule has 0 bridgehead atoms. The van der Waals surface area contributed by atoms with Crippen LogP contribution in [-0.4, -0.2) is 16.7 Å². The van der Waals surface area contributed by atoms with E-state index >= 15 is 0 Å². The maximum atomic E-state index is 13.4. The minimum atomic E-state index is -0.387. The SMILES string of the molecule is Cl.Fc1ccc(C(NCCc2ccc(Cl)cc2)c2nnc(-c3ccccc3Cl)o2)cc1. The molecule has 0 aliphatic carbocycles. The molecular formula is C23H19Cl3FN3O. The molecule has 1 unspecified atom stereocenters. The minimum Gasteiger partial charge on any atom is -0.419 e. The molecule has 4 aromatic rings. The predicted octanol–water partition coefficient (Wildman–Crippen LogP) is 6.53. The predicted molar refractivity (Wildman–Crippen MR) is 123 cm³/mol. The summed E-state index contributed by atoms with van der Waals surface area (Å²) in [7, 11) is 0. The monoisotopic (exact) mass is 477 g/mol. The Morgan fingerprint density at radius 3 is 2.32 bits per heavy atom. The first-order chi connectivity index (χ1) is 14.6. The summed E-state index contributed by atoms with van der Waals surface area (Å²) in [5.41, 5.74) is 2.63. The summed E-state index contributed by atoms with van der Waals surface area (Å²) in [6.07, 6.45) is 0.778. The van der Waals surface area contributed by atoms with E-state index in [-0.39, 0.29) is 24.3 Å². The van der Waals surface area contributed by atoms with Crippen molar-refractivity contribution in [3.05, 3.63) is 106 Å². The maximum Gasteiger partial charge on any atom is 0.249 e. The van der Waals surface area contributed by atoms with Crippen LogP contribution in [0.5, 0.6) is 0 Å². The normalized spacial score (nSPS) is 11.7. The van der Waals surface area contributed by atoms with Gasteiger partial charge in [-0.2, -0.15) is 0 Å². The molecule has 0 radical (unpaired) electrons. The molecule has 4 nitrogen and oxygen atoms in total.